The molecule has 0 bridgehead atoms. The highest BCUT2D eigenvalue weighted by molar-refractivity contribution is 6.25. The summed E-state index contributed by atoms with van der Waals surface area (Å²) in [7, 11) is 8.12. The lowest BCUT2D eigenvalue weighted by Crippen LogP contribution is -2.63. The number of benzene rings is 1. The fourth-order valence-electron chi connectivity index (χ4n) is 6.53. The van der Waals surface area contributed by atoms with Gasteiger partial charge < -0.3 is 41.3 Å². The van der Waals surface area contributed by atoms with E-state index >= 15 is 0 Å². The number of hydrogen-bond donors (Lipinski definition) is 6. The zero-order valence-corrected chi connectivity index (χ0v) is 25.8. The number of Topliss-reactive ketones (excluding diaryl/α,β-unsaturated/α-hetero) is 2. The number of nitrogens with one attached hydrogen (secondary N) is 2. The maximum absolute atomic E-state index is 14.3. The predicted octanol–water partition coefficient (Wildman–Crippen LogP) is 0.816. The molecule has 43 heavy (non-hydrogen) atoms. The highest BCUT2D eigenvalue weighted by Gasteiger charge is 2.63. The molecule has 1 aromatic carbocycles. The van der Waals surface area contributed by atoms with Gasteiger partial charge in [-0.3, -0.25) is 24.1 Å². The zero-order chi connectivity index (χ0) is 32.3. The number of allylic oxidation sites excluding steroid dienone is 1. The van der Waals surface area contributed by atoms with Gasteiger partial charge in [-0.1, -0.05) is 0 Å². The summed E-state index contributed by atoms with van der Waals surface area (Å²) in [6, 6.07) is 0.668. The Morgan fingerprint density at radius 3 is 2.30 bits per heavy atom. The molecule has 4 rings (SSSR count). The van der Waals surface area contributed by atoms with Crippen LogP contribution in [0, 0.1) is 11.8 Å². The Morgan fingerprint density at radius 1 is 1.16 bits per heavy atom. The second-order valence-corrected chi connectivity index (χ2v) is 12.8. The number of ketones is 2. The molecule has 0 fully saturated rings. The van der Waals surface area contributed by atoms with Crippen LogP contribution in [0.1, 0.15) is 43.1 Å². The number of hydrogen-bond acceptors (Lipinski definition) is 11. The average molecular weight is 600 g/mol. The van der Waals surface area contributed by atoms with E-state index < -0.39 is 58.0 Å². The van der Waals surface area contributed by atoms with Crippen LogP contribution in [0.5, 0.6) is 5.75 Å². The van der Waals surface area contributed by atoms with E-state index in [0.717, 1.165) is 0 Å². The molecule has 2 amide bonds. The van der Waals surface area contributed by atoms with Crippen LogP contribution in [-0.2, 0) is 20.8 Å². The van der Waals surface area contributed by atoms with Crippen molar-refractivity contribution in [2.24, 2.45) is 17.6 Å². The third kappa shape index (κ3) is 5.15. The average Bonchev–Trinajstić information content (AvgIpc) is 2.88. The van der Waals surface area contributed by atoms with Crippen molar-refractivity contribution in [3.8, 4) is 5.75 Å². The minimum Gasteiger partial charge on any atom is -0.510 e. The van der Waals surface area contributed by atoms with Crippen LogP contribution in [0.15, 0.2) is 28.7 Å². The molecule has 234 valence electrons. The lowest BCUT2D eigenvalue weighted by atomic mass is 9.58. The van der Waals surface area contributed by atoms with Crippen molar-refractivity contribution in [2.45, 2.75) is 50.8 Å². The van der Waals surface area contributed by atoms with Crippen molar-refractivity contribution in [1.82, 2.24) is 10.2 Å². The number of nitrogens with two attached hydrogens (primary N) is 1. The van der Waals surface area contributed by atoms with Crippen LogP contribution in [-0.4, -0.2) is 103 Å². The van der Waals surface area contributed by atoms with Gasteiger partial charge in [0.05, 0.1) is 30.9 Å². The Morgan fingerprint density at radius 2 is 1.79 bits per heavy atom. The number of aliphatic hydroxyl groups excluding tert-OH is 2. The monoisotopic (exact) mass is 599 g/mol. The molecule has 3 aliphatic rings. The van der Waals surface area contributed by atoms with Gasteiger partial charge >= 0.3 is 0 Å². The normalized spacial score (nSPS) is 25.3. The number of ether oxygens (including phenoxy) is 1. The van der Waals surface area contributed by atoms with Gasteiger partial charge in [0.15, 0.2) is 17.1 Å². The number of carbonyl (C=O) groups is 4. The topological polar surface area (TPSA) is 195 Å². The lowest BCUT2D eigenvalue weighted by Gasteiger charge is -2.50. The smallest absolute Gasteiger partial charge is 0.255 e. The summed E-state index contributed by atoms with van der Waals surface area (Å²) >= 11 is 0. The number of carbonyl (C=O) groups excluding carboxylic acids is 4. The van der Waals surface area contributed by atoms with Crippen molar-refractivity contribution in [3.63, 3.8) is 0 Å². The molecule has 1 aromatic rings. The number of amides is 2. The van der Waals surface area contributed by atoms with Crippen molar-refractivity contribution >= 4 is 34.8 Å². The third-order valence-electron chi connectivity index (χ3n) is 8.42. The van der Waals surface area contributed by atoms with Gasteiger partial charge in [-0.25, -0.2) is 0 Å². The highest BCUT2D eigenvalue weighted by atomic mass is 16.5. The molecule has 7 N–H and O–H groups in total. The SMILES string of the molecule is COc1c(NC(=O)CNC(C)(C)C)cc(N(C)C)c2c1C(=O)C1=C(O)[C@]3(O)C(=O)C(C(N)=O)=C(O)[C@@H](N(C)C)[C@@H]3C[C@@H]1C2. The quantitative estimate of drug-likeness (QED) is 0.243. The minimum absolute atomic E-state index is 0.00483. The summed E-state index contributed by atoms with van der Waals surface area (Å²) in [4.78, 5) is 56.2. The maximum atomic E-state index is 14.3. The molecule has 0 aliphatic heterocycles. The maximum Gasteiger partial charge on any atom is 0.255 e. The van der Waals surface area contributed by atoms with Gasteiger partial charge in [0.25, 0.3) is 5.91 Å². The summed E-state index contributed by atoms with van der Waals surface area (Å²) in [5.74, 6) is -6.74. The van der Waals surface area contributed by atoms with Crippen molar-refractivity contribution in [1.29, 1.82) is 0 Å². The van der Waals surface area contributed by atoms with E-state index in [4.69, 9.17) is 10.5 Å². The van der Waals surface area contributed by atoms with Gasteiger partial charge in [0.1, 0.15) is 17.1 Å². The Balaban J connectivity index is 1.91. The molecule has 0 saturated carbocycles. The lowest BCUT2D eigenvalue weighted by molar-refractivity contribution is -0.148. The molecule has 13 heteroatoms. The van der Waals surface area contributed by atoms with Gasteiger partial charge in [0, 0.05) is 36.8 Å². The van der Waals surface area contributed by atoms with E-state index in [2.05, 4.69) is 10.6 Å². The first-order chi connectivity index (χ1) is 19.9. The predicted molar refractivity (Wildman–Crippen MR) is 159 cm³/mol. The molecular weight excluding hydrogens is 558 g/mol. The number of likely N-dealkylation sites (N-methyl/N-ethyl adjacent to an activating group) is 1. The number of aliphatic hydroxyl groups is 3. The molecule has 0 unspecified atom stereocenters. The molecule has 0 spiro atoms. The van der Waals surface area contributed by atoms with Gasteiger partial charge in [-0.2, -0.15) is 0 Å². The minimum atomic E-state index is -2.69. The first-order valence-corrected chi connectivity index (χ1v) is 14.0. The van der Waals surface area contributed by atoms with E-state index in [-0.39, 0.29) is 53.4 Å². The third-order valence-corrected chi connectivity index (χ3v) is 8.42. The Labute approximate surface area is 250 Å². The van der Waals surface area contributed by atoms with E-state index in [1.165, 1.54) is 12.0 Å². The van der Waals surface area contributed by atoms with Crippen molar-refractivity contribution in [2.75, 3.05) is 52.1 Å². The molecule has 0 radical (unpaired) electrons. The second kappa shape index (κ2) is 11.0. The van der Waals surface area contributed by atoms with E-state index in [9.17, 15) is 34.5 Å². The van der Waals surface area contributed by atoms with Gasteiger partial charge in [-0.15, -0.1) is 0 Å². The van der Waals surface area contributed by atoms with Gasteiger partial charge in [-0.05, 0) is 65.3 Å². The van der Waals surface area contributed by atoms with Gasteiger partial charge in [0.2, 0.25) is 11.7 Å². The summed E-state index contributed by atoms with van der Waals surface area (Å²) < 4.78 is 5.66. The zero-order valence-electron chi connectivity index (χ0n) is 25.8. The number of nitrogens with zero attached hydrogens (tertiary/aromatic N) is 2. The Hall–Kier alpha value is -3.94. The van der Waals surface area contributed by atoms with E-state index in [0.29, 0.717) is 11.3 Å². The van der Waals surface area contributed by atoms with Crippen molar-refractivity contribution in [3.05, 3.63) is 39.9 Å². The van der Waals surface area contributed by atoms with Crippen LogP contribution < -0.4 is 26.0 Å². The van der Waals surface area contributed by atoms with Crippen LogP contribution in [0.3, 0.4) is 0 Å². The van der Waals surface area contributed by atoms with Crippen LogP contribution in [0.4, 0.5) is 11.4 Å². The molecule has 0 heterocycles. The molecule has 0 saturated heterocycles. The molecule has 0 aromatic heterocycles. The number of fused-ring (bicyclic) bond motifs is 3. The first-order valence-electron chi connectivity index (χ1n) is 14.0. The van der Waals surface area contributed by atoms with Crippen molar-refractivity contribution < 1.29 is 39.2 Å². The summed E-state index contributed by atoms with van der Waals surface area (Å²) in [5, 5.41) is 40.3. The molecule has 4 atom stereocenters. The Bertz CT molecular complexity index is 1470. The Kier molecular flexibility index (Phi) is 8.15. The first kappa shape index (κ1) is 32.0. The largest absolute Gasteiger partial charge is 0.510 e. The molecular formula is C30H41N5O8. The van der Waals surface area contributed by atoms with E-state index in [1.807, 2.05) is 20.8 Å². The molecule has 3 aliphatic carbocycles. The number of methoxy groups -OCH3 is 1. The summed E-state index contributed by atoms with van der Waals surface area (Å²) in [6.45, 7) is 5.75. The summed E-state index contributed by atoms with van der Waals surface area (Å²) in [6.07, 6.45) is 0.246. The van der Waals surface area contributed by atoms with E-state index in [1.54, 1.807) is 39.2 Å². The van der Waals surface area contributed by atoms with Crippen LogP contribution >= 0.6 is 0 Å². The standard InChI is InChI=1S/C30H41N5O8/c1-29(2,3)32-12-18(36)33-16-11-17(34(4)5)14-9-13-10-15-22(35(6)7)24(38)21(28(31)41)27(40)30(15,42)26(39)19(13)23(37)20(14)25(16)43-8/h11,13,15,22,32,38-39,42H,9-10,12H2,1-8H3,(H2,31,41)(H,33,36)/t13-,15-,22-,30-/m0/s1. The highest BCUT2D eigenvalue weighted by Crippen LogP contribution is 2.54. The number of anilines is 2. The second-order valence-electron chi connectivity index (χ2n) is 12.8. The molecule has 13 nitrogen and oxygen atoms in total. The fourth-order valence-corrected chi connectivity index (χ4v) is 6.53. The summed E-state index contributed by atoms with van der Waals surface area (Å²) in [5.41, 5.74) is 2.93. The fraction of sp³-hybridized carbons (Fsp3) is 0.533. The number of primary amides is 1. The number of rotatable bonds is 7. The van der Waals surface area contributed by atoms with Crippen LogP contribution in [0.2, 0.25) is 0 Å². The van der Waals surface area contributed by atoms with Crippen LogP contribution in [0.25, 0.3) is 0 Å².